The number of dihydropyridines is 1. The van der Waals surface area contributed by atoms with Crippen molar-refractivity contribution < 1.29 is 26.7 Å². The molecule has 120 valence electrons. The summed E-state index contributed by atoms with van der Waals surface area (Å²) in [6.45, 7) is -1.35. The number of allylic oxidation sites excluding steroid dienone is 2. The van der Waals surface area contributed by atoms with Crippen molar-refractivity contribution in [1.82, 2.24) is 10.3 Å². The van der Waals surface area contributed by atoms with E-state index in [1.807, 2.05) is 0 Å². The van der Waals surface area contributed by atoms with Gasteiger partial charge >= 0.3 is 12.3 Å². The fraction of sp³-hybridized carbons (Fsp3) is 0.357. The highest BCUT2D eigenvalue weighted by Crippen LogP contribution is 2.23. The van der Waals surface area contributed by atoms with E-state index in [4.69, 9.17) is 0 Å². The van der Waals surface area contributed by atoms with Crippen LogP contribution in [0.15, 0.2) is 36.1 Å². The lowest BCUT2D eigenvalue weighted by molar-refractivity contribution is -0.163. The predicted octanol–water partition coefficient (Wildman–Crippen LogP) is 3.01. The van der Waals surface area contributed by atoms with Gasteiger partial charge in [-0.15, -0.1) is 0 Å². The molecule has 22 heavy (non-hydrogen) atoms. The Bertz CT molecular complexity index is 586. The van der Waals surface area contributed by atoms with Gasteiger partial charge in [-0.25, -0.2) is 13.2 Å². The maximum absolute atomic E-state index is 13.5. The third-order valence-corrected chi connectivity index (χ3v) is 2.91. The van der Waals surface area contributed by atoms with E-state index < -0.39 is 24.8 Å². The van der Waals surface area contributed by atoms with E-state index >= 15 is 0 Å². The Balaban J connectivity index is 1.93. The summed E-state index contributed by atoms with van der Waals surface area (Å²) < 4.78 is 67.3. The maximum Gasteiger partial charge on any atom is 0.330 e. The minimum atomic E-state index is -4.17. The molecule has 1 aromatic heterocycles. The summed E-state index contributed by atoms with van der Waals surface area (Å²) in [5, 5.41) is 2.87. The fourth-order valence-corrected chi connectivity index (χ4v) is 1.75. The summed E-state index contributed by atoms with van der Waals surface area (Å²) in [5.74, 6) is -4.66. The second-order valence-electron chi connectivity index (χ2n) is 4.65. The smallest absolute Gasteiger partial charge is 0.330 e. The lowest BCUT2D eigenvalue weighted by Gasteiger charge is -2.19. The Hall–Kier alpha value is -1.96. The third kappa shape index (κ3) is 4.03. The van der Waals surface area contributed by atoms with E-state index in [-0.39, 0.29) is 18.8 Å². The number of alkyl halides is 4. The van der Waals surface area contributed by atoms with Gasteiger partial charge in [0.1, 0.15) is 12.3 Å². The molecule has 2 heterocycles. The second kappa shape index (κ2) is 6.87. The molecule has 1 aliphatic heterocycles. The quantitative estimate of drug-likeness (QED) is 0.818. The molecule has 0 radical (unpaired) electrons. The van der Waals surface area contributed by atoms with Gasteiger partial charge in [0.05, 0.1) is 12.3 Å². The highest BCUT2D eigenvalue weighted by molar-refractivity contribution is 5.64. The molecule has 0 aromatic carbocycles. The second-order valence-corrected chi connectivity index (χ2v) is 4.65. The minimum absolute atomic E-state index is 0.142. The number of hydrogen-bond donors (Lipinski definition) is 1. The van der Waals surface area contributed by atoms with Crippen molar-refractivity contribution >= 4 is 5.70 Å². The molecule has 8 heteroatoms. The molecule has 0 atom stereocenters. The first-order valence-corrected chi connectivity index (χ1v) is 6.38. The van der Waals surface area contributed by atoms with Crippen molar-refractivity contribution in [2.75, 3.05) is 19.8 Å². The standard InChI is InChI=1S/C14H13F5N2O/c15-10-2-1-5-20-12(10)11-4-3-9(6-21-11)7-22-8-14(18,19)13(16)17/h1-5,13,21H,6-8H2. The number of halogens is 5. The number of nitrogens with one attached hydrogen (secondary N) is 1. The van der Waals surface area contributed by atoms with Gasteiger partial charge in [-0.3, -0.25) is 4.98 Å². The van der Waals surface area contributed by atoms with Gasteiger partial charge in [-0.05, 0) is 23.8 Å². The van der Waals surface area contributed by atoms with E-state index in [0.717, 1.165) is 0 Å². The number of aromatic nitrogens is 1. The van der Waals surface area contributed by atoms with Crippen molar-refractivity contribution in [3.8, 4) is 0 Å². The lowest BCUT2D eigenvalue weighted by Crippen LogP contribution is -2.33. The zero-order valence-corrected chi connectivity index (χ0v) is 11.3. The van der Waals surface area contributed by atoms with Crippen LogP contribution in [0.5, 0.6) is 0 Å². The van der Waals surface area contributed by atoms with Crippen molar-refractivity contribution in [3.05, 3.63) is 47.6 Å². The van der Waals surface area contributed by atoms with Gasteiger partial charge < -0.3 is 10.1 Å². The molecule has 0 amide bonds. The third-order valence-electron chi connectivity index (χ3n) is 2.91. The van der Waals surface area contributed by atoms with Gasteiger partial charge in [-0.2, -0.15) is 8.78 Å². The molecule has 0 bridgehead atoms. The molecule has 2 rings (SSSR count). The molecule has 1 N–H and O–H groups in total. The van der Waals surface area contributed by atoms with E-state index in [0.29, 0.717) is 11.3 Å². The summed E-state index contributed by atoms with van der Waals surface area (Å²) in [6, 6.07) is 2.72. The molecular formula is C14H13F5N2O. The largest absolute Gasteiger partial charge is 0.379 e. The van der Waals surface area contributed by atoms with Crippen LogP contribution in [0.25, 0.3) is 5.70 Å². The summed E-state index contributed by atoms with van der Waals surface area (Å²) in [7, 11) is 0. The van der Waals surface area contributed by atoms with Gasteiger partial charge in [0.2, 0.25) is 0 Å². The molecule has 3 nitrogen and oxygen atoms in total. The van der Waals surface area contributed by atoms with Gasteiger partial charge in [-0.1, -0.05) is 6.08 Å². The van der Waals surface area contributed by atoms with Crippen LogP contribution in [0.4, 0.5) is 22.0 Å². The van der Waals surface area contributed by atoms with Crippen molar-refractivity contribution in [2.45, 2.75) is 12.3 Å². The molecule has 1 aromatic rings. The number of rotatable bonds is 6. The van der Waals surface area contributed by atoms with E-state index in [1.165, 1.54) is 24.4 Å². The first-order valence-electron chi connectivity index (χ1n) is 6.38. The average Bonchev–Trinajstić information content (AvgIpc) is 2.48. The van der Waals surface area contributed by atoms with E-state index in [1.54, 1.807) is 6.08 Å². The molecule has 0 aliphatic carbocycles. The van der Waals surface area contributed by atoms with Crippen LogP contribution < -0.4 is 5.32 Å². The van der Waals surface area contributed by atoms with Gasteiger partial charge in [0.15, 0.2) is 5.82 Å². The summed E-state index contributed by atoms with van der Waals surface area (Å²) in [6.07, 6.45) is 0.763. The Morgan fingerprint density at radius 3 is 2.68 bits per heavy atom. The van der Waals surface area contributed by atoms with Crippen LogP contribution in [0.2, 0.25) is 0 Å². The van der Waals surface area contributed by atoms with Crippen molar-refractivity contribution in [2.24, 2.45) is 0 Å². The van der Waals surface area contributed by atoms with Crippen LogP contribution in [0.3, 0.4) is 0 Å². The molecule has 0 spiro atoms. The summed E-state index contributed by atoms with van der Waals surface area (Å²) in [5.41, 5.74) is 1.16. The Kier molecular flexibility index (Phi) is 5.12. The molecule has 1 aliphatic rings. The van der Waals surface area contributed by atoms with Crippen LogP contribution in [-0.2, 0) is 4.74 Å². The maximum atomic E-state index is 13.5. The van der Waals surface area contributed by atoms with Crippen LogP contribution >= 0.6 is 0 Å². The number of ether oxygens (including phenoxy) is 1. The SMILES string of the molecule is Fc1cccnc1C1=CC=C(COCC(F)(F)C(F)F)CN1. The molecule has 0 saturated heterocycles. The highest BCUT2D eigenvalue weighted by Gasteiger charge is 2.40. The number of hydrogen-bond acceptors (Lipinski definition) is 3. The first kappa shape index (κ1) is 16.4. The molecule has 0 unspecified atom stereocenters. The predicted molar refractivity (Wildman–Crippen MR) is 70.0 cm³/mol. The van der Waals surface area contributed by atoms with E-state index in [9.17, 15) is 22.0 Å². The average molecular weight is 320 g/mol. The lowest BCUT2D eigenvalue weighted by atomic mass is 10.1. The van der Waals surface area contributed by atoms with E-state index in [2.05, 4.69) is 15.0 Å². The number of nitrogens with zero attached hydrogens (tertiary/aromatic N) is 1. The number of pyridine rings is 1. The highest BCUT2D eigenvalue weighted by atomic mass is 19.3. The van der Waals surface area contributed by atoms with Crippen LogP contribution in [0.1, 0.15) is 5.69 Å². The molecule has 0 saturated carbocycles. The van der Waals surface area contributed by atoms with Crippen LogP contribution in [-0.4, -0.2) is 37.1 Å². The molecular weight excluding hydrogens is 307 g/mol. The fourth-order valence-electron chi connectivity index (χ4n) is 1.75. The van der Waals surface area contributed by atoms with Crippen LogP contribution in [0, 0.1) is 5.82 Å². The van der Waals surface area contributed by atoms with Crippen molar-refractivity contribution in [3.63, 3.8) is 0 Å². The topological polar surface area (TPSA) is 34.1 Å². The normalized spacial score (nSPS) is 15.4. The Morgan fingerprint density at radius 2 is 2.09 bits per heavy atom. The summed E-state index contributed by atoms with van der Waals surface area (Å²) in [4.78, 5) is 3.89. The van der Waals surface area contributed by atoms with Gasteiger partial charge in [0.25, 0.3) is 0 Å². The molecule has 0 fully saturated rings. The Morgan fingerprint density at radius 1 is 1.32 bits per heavy atom. The van der Waals surface area contributed by atoms with Crippen molar-refractivity contribution in [1.29, 1.82) is 0 Å². The zero-order valence-electron chi connectivity index (χ0n) is 11.3. The van der Waals surface area contributed by atoms with Gasteiger partial charge in [0, 0.05) is 12.7 Å². The Labute approximate surface area is 123 Å². The monoisotopic (exact) mass is 320 g/mol. The minimum Gasteiger partial charge on any atom is -0.379 e. The first-order chi connectivity index (χ1) is 10.4. The summed E-state index contributed by atoms with van der Waals surface area (Å²) >= 11 is 0. The zero-order chi connectivity index (χ0) is 16.2.